The largest absolute Gasteiger partial charge is 0.465 e. The van der Waals surface area contributed by atoms with Crippen molar-refractivity contribution < 1.29 is 38.1 Å². The maximum absolute atomic E-state index is 14.2. The van der Waals surface area contributed by atoms with Gasteiger partial charge in [-0.2, -0.15) is 0 Å². The number of likely N-dealkylation sites (tertiary alicyclic amines) is 2. The van der Waals surface area contributed by atoms with Gasteiger partial charge in [-0.1, -0.05) is 56.3 Å². The summed E-state index contributed by atoms with van der Waals surface area (Å²) in [6.45, 7) is 6.03. The predicted octanol–water partition coefficient (Wildman–Crippen LogP) is 7.89. The number of imidazole rings is 2. The van der Waals surface area contributed by atoms with Crippen LogP contribution in [0.4, 0.5) is 9.59 Å². The number of hydrogen-bond donors (Lipinski definition) is 4. The smallest absolute Gasteiger partial charge is 0.407 e. The van der Waals surface area contributed by atoms with Crippen LogP contribution >= 0.6 is 0 Å². The van der Waals surface area contributed by atoms with E-state index in [2.05, 4.69) is 73.7 Å². The third-order valence-corrected chi connectivity index (χ3v) is 14.0. The molecule has 0 aliphatic carbocycles. The summed E-state index contributed by atoms with van der Waals surface area (Å²) in [5.74, 6) is 1.65. The lowest BCUT2D eigenvalue weighted by Crippen LogP contribution is -2.53. The molecule has 7 heterocycles. The molecule has 3 aromatic carbocycles. The number of rotatable bonds is 11. The molecule has 10 rings (SSSR count). The van der Waals surface area contributed by atoms with Crippen molar-refractivity contribution in [1.29, 1.82) is 0 Å². The molecule has 3 aromatic heterocycles. The van der Waals surface area contributed by atoms with Crippen molar-refractivity contribution in [1.82, 2.24) is 44.9 Å². The molecule has 4 aliphatic rings. The molecule has 4 aliphatic heterocycles. The van der Waals surface area contributed by atoms with Crippen LogP contribution in [0.1, 0.15) is 87.9 Å². The van der Waals surface area contributed by atoms with Crippen LogP contribution in [0.5, 0.6) is 5.75 Å². The standard InChI is InChI=1S/C51H57N9O8/c1-29(2)43(56-50(63)65-3)47(61)58-20-8-12-39(58)45-53-28-37(55-45)33-14-16-35-41-25-34-24-32(15-17-38(34)60(41)49(68-42(35)26-33)31-10-6-5-7-11-31)36-27-52-46(54-36)40-13-9-21-59(40)48(62)44(57-51(64)66-4)30-18-22-67-23-19-30/h5-7,10-11,14-17,24-30,39-40,43-44,49H,8-9,12-13,18-23H2,1-4H3,(H,52,54)(H,53,55)(H,56,63)(H,57,64)/t39-,40-,43-,44?,49-/m0/s1. The molecular weight excluding hydrogens is 867 g/mol. The Labute approximate surface area is 393 Å². The van der Waals surface area contributed by atoms with E-state index in [9.17, 15) is 19.2 Å². The molecule has 1 unspecified atom stereocenters. The van der Waals surface area contributed by atoms with Crippen molar-refractivity contribution in [2.45, 2.75) is 82.8 Å². The summed E-state index contributed by atoms with van der Waals surface area (Å²) >= 11 is 0. The van der Waals surface area contributed by atoms with E-state index in [-0.39, 0.29) is 35.7 Å². The molecule has 0 radical (unpaired) electrons. The first-order chi connectivity index (χ1) is 33.1. The number of carbonyl (C=O) groups is 4. The zero-order valence-electron chi connectivity index (χ0n) is 38.7. The summed E-state index contributed by atoms with van der Waals surface area (Å²) in [6.07, 6.45) is 6.42. The van der Waals surface area contributed by atoms with Crippen LogP contribution < -0.4 is 15.4 Å². The fourth-order valence-corrected chi connectivity index (χ4v) is 10.5. The summed E-state index contributed by atoms with van der Waals surface area (Å²) in [5.41, 5.74) is 7.43. The van der Waals surface area contributed by atoms with Gasteiger partial charge in [-0.05, 0) is 80.7 Å². The molecule has 354 valence electrons. The molecule has 5 atom stereocenters. The number of carbonyl (C=O) groups excluding carboxylic acids is 4. The normalized spacial score (nSPS) is 20.1. The number of aromatic amines is 2. The molecule has 4 N–H and O–H groups in total. The molecular formula is C51H57N9O8. The third-order valence-electron chi connectivity index (χ3n) is 14.0. The Bertz CT molecular complexity index is 2830. The van der Waals surface area contributed by atoms with Crippen LogP contribution in [-0.2, 0) is 23.8 Å². The minimum absolute atomic E-state index is 0.0502. The van der Waals surface area contributed by atoms with Gasteiger partial charge < -0.3 is 53.9 Å². The van der Waals surface area contributed by atoms with E-state index >= 15 is 0 Å². The van der Waals surface area contributed by atoms with Crippen molar-refractivity contribution >= 4 is 34.9 Å². The number of amides is 4. The lowest BCUT2D eigenvalue weighted by Gasteiger charge is -2.34. The second-order valence-electron chi connectivity index (χ2n) is 18.4. The monoisotopic (exact) mass is 923 g/mol. The van der Waals surface area contributed by atoms with Crippen LogP contribution in [0, 0.1) is 11.8 Å². The Kier molecular flexibility index (Phi) is 12.4. The summed E-state index contributed by atoms with van der Waals surface area (Å²) in [5, 5.41) is 6.58. The van der Waals surface area contributed by atoms with Gasteiger partial charge >= 0.3 is 12.2 Å². The molecule has 4 amide bonds. The first-order valence-electron chi connectivity index (χ1n) is 23.6. The molecule has 6 aromatic rings. The van der Waals surface area contributed by atoms with E-state index in [1.54, 1.807) is 6.20 Å². The number of nitrogens with one attached hydrogen (secondary N) is 4. The molecule has 3 fully saturated rings. The average Bonchev–Trinajstić information content (AvgIpc) is 4.24. The molecule has 17 nitrogen and oxygen atoms in total. The maximum atomic E-state index is 14.2. The Balaban J connectivity index is 0.926. The zero-order chi connectivity index (χ0) is 47.1. The first-order valence-corrected chi connectivity index (χ1v) is 23.6. The van der Waals surface area contributed by atoms with Crippen LogP contribution in [0.2, 0.25) is 0 Å². The van der Waals surface area contributed by atoms with Gasteiger partial charge in [0.25, 0.3) is 0 Å². The SMILES string of the molecule is COC(=O)NC(C(=O)N1CCC[C@H]1c1ncc(-c2ccc3c(c2)cc2n3[C@H](c3ccccc3)Oc3cc(-c4cnc([C@@H]5CCCN5C(=O)[C@@H](NC(=O)OC)C(C)C)[nH]4)ccc3-2)[nH]1)C1CCOCC1. The Morgan fingerprint density at radius 1 is 0.735 bits per heavy atom. The highest BCUT2D eigenvalue weighted by molar-refractivity contribution is 5.93. The van der Waals surface area contributed by atoms with Crippen molar-refractivity contribution in [2.75, 3.05) is 40.5 Å². The zero-order valence-corrected chi connectivity index (χ0v) is 38.7. The van der Waals surface area contributed by atoms with Gasteiger partial charge in [-0.15, -0.1) is 0 Å². The van der Waals surface area contributed by atoms with E-state index in [1.165, 1.54) is 14.2 Å². The highest BCUT2D eigenvalue weighted by Gasteiger charge is 2.41. The van der Waals surface area contributed by atoms with Crippen molar-refractivity contribution in [3.05, 3.63) is 102 Å². The van der Waals surface area contributed by atoms with Gasteiger partial charge in [0.2, 0.25) is 18.0 Å². The molecule has 3 saturated heterocycles. The number of H-pyrrole nitrogens is 2. The van der Waals surface area contributed by atoms with Gasteiger partial charge in [0, 0.05) is 53.9 Å². The summed E-state index contributed by atoms with van der Waals surface area (Å²) in [7, 11) is 2.60. The summed E-state index contributed by atoms with van der Waals surface area (Å²) in [6, 6.07) is 23.0. The number of fused-ring (bicyclic) bond motifs is 5. The van der Waals surface area contributed by atoms with Crippen molar-refractivity contribution in [2.24, 2.45) is 11.8 Å². The summed E-state index contributed by atoms with van der Waals surface area (Å²) < 4.78 is 24.5. The van der Waals surface area contributed by atoms with E-state index in [0.717, 1.165) is 81.7 Å². The van der Waals surface area contributed by atoms with Gasteiger partial charge in [-0.3, -0.25) is 9.59 Å². The quantitative estimate of drug-likeness (QED) is 0.0992. The van der Waals surface area contributed by atoms with E-state index in [0.29, 0.717) is 50.8 Å². The highest BCUT2D eigenvalue weighted by atomic mass is 16.5. The van der Waals surface area contributed by atoms with Crippen molar-refractivity contribution in [3.63, 3.8) is 0 Å². The Morgan fingerprint density at radius 3 is 2.00 bits per heavy atom. The van der Waals surface area contributed by atoms with E-state index in [1.807, 2.05) is 54.1 Å². The third kappa shape index (κ3) is 8.43. The second-order valence-corrected chi connectivity index (χ2v) is 18.4. The average molecular weight is 924 g/mol. The topological polar surface area (TPSA) is 198 Å². The van der Waals surface area contributed by atoms with Crippen LogP contribution in [0.3, 0.4) is 0 Å². The minimum atomic E-state index is -0.721. The summed E-state index contributed by atoms with van der Waals surface area (Å²) in [4.78, 5) is 72.9. The second kappa shape index (κ2) is 18.9. The highest BCUT2D eigenvalue weighted by Crippen LogP contribution is 2.46. The van der Waals surface area contributed by atoms with E-state index in [4.69, 9.17) is 28.9 Å². The lowest BCUT2D eigenvalue weighted by molar-refractivity contribution is -0.137. The van der Waals surface area contributed by atoms with Gasteiger partial charge in [0.05, 0.1) is 61.3 Å². The number of ether oxygens (including phenoxy) is 4. The fraction of sp³-hybridized carbons (Fsp3) is 0.412. The number of benzene rings is 3. The number of aromatic nitrogens is 5. The predicted molar refractivity (Wildman–Crippen MR) is 252 cm³/mol. The number of alkyl carbamates (subject to hydrolysis) is 2. The maximum Gasteiger partial charge on any atom is 0.407 e. The first kappa shape index (κ1) is 44.7. The minimum Gasteiger partial charge on any atom is -0.465 e. The Morgan fingerprint density at radius 2 is 1.35 bits per heavy atom. The Hall–Kier alpha value is -7.14. The molecule has 17 heteroatoms. The van der Waals surface area contributed by atoms with Crippen LogP contribution in [0.25, 0.3) is 44.7 Å². The van der Waals surface area contributed by atoms with Gasteiger partial charge in [0.15, 0.2) is 0 Å². The van der Waals surface area contributed by atoms with Crippen LogP contribution in [-0.4, -0.2) is 111 Å². The van der Waals surface area contributed by atoms with Crippen molar-refractivity contribution in [3.8, 4) is 39.5 Å². The number of nitrogens with zero attached hydrogens (tertiary/aromatic N) is 5. The lowest BCUT2D eigenvalue weighted by atomic mass is 9.90. The van der Waals surface area contributed by atoms with Gasteiger partial charge in [-0.25, -0.2) is 19.6 Å². The molecule has 0 spiro atoms. The number of methoxy groups -OCH3 is 2. The molecule has 0 saturated carbocycles. The number of hydrogen-bond acceptors (Lipinski definition) is 10. The van der Waals surface area contributed by atoms with Gasteiger partial charge in [0.1, 0.15) is 29.5 Å². The molecule has 0 bridgehead atoms. The van der Waals surface area contributed by atoms with Crippen LogP contribution in [0.15, 0.2) is 85.2 Å². The fourth-order valence-electron chi connectivity index (χ4n) is 10.5. The van der Waals surface area contributed by atoms with E-state index < -0.39 is 30.5 Å². The molecule has 68 heavy (non-hydrogen) atoms.